The number of benzene rings is 3. The fraction of sp³-hybridized carbons (Fsp3) is 0.333. The minimum absolute atomic E-state index is 0.00415. The zero-order valence-corrected chi connectivity index (χ0v) is 23.8. The highest BCUT2D eigenvalue weighted by Crippen LogP contribution is 2.40. The molecule has 3 aromatic carbocycles. The summed E-state index contributed by atoms with van der Waals surface area (Å²) in [6, 6.07) is 16.4. The van der Waals surface area contributed by atoms with Crippen LogP contribution in [-0.2, 0) is 0 Å². The zero-order chi connectivity index (χ0) is 30.4. The van der Waals surface area contributed by atoms with E-state index in [0.717, 1.165) is 5.56 Å². The van der Waals surface area contributed by atoms with Crippen LogP contribution in [-0.4, -0.2) is 45.9 Å². The first-order chi connectivity index (χ1) is 19.9. The number of carbonyl (C=O) groups excluding carboxylic acids is 1. The molecule has 222 valence electrons. The Labute approximate surface area is 241 Å². The fourth-order valence-electron chi connectivity index (χ4n) is 4.81. The van der Waals surface area contributed by atoms with Crippen molar-refractivity contribution in [2.45, 2.75) is 40.3 Å². The van der Waals surface area contributed by atoms with Crippen molar-refractivity contribution in [3.8, 4) is 22.5 Å². The first kappa shape index (κ1) is 30.5. The molecule has 0 spiro atoms. The average Bonchev–Trinajstić information content (AvgIpc) is 3.44. The number of aryl methyl sites for hydroxylation is 1. The molecule has 0 saturated heterocycles. The summed E-state index contributed by atoms with van der Waals surface area (Å²) >= 11 is 0. The molecule has 4 rings (SSSR count). The molecule has 2 amide bonds. The van der Waals surface area contributed by atoms with Crippen molar-refractivity contribution in [3.63, 3.8) is 0 Å². The summed E-state index contributed by atoms with van der Waals surface area (Å²) in [6.07, 6.45) is -5.33. The monoisotopic (exact) mass is 583 g/mol. The minimum Gasteiger partial charge on any atom is -0.369 e. The van der Waals surface area contributed by atoms with Gasteiger partial charge in [-0.1, -0.05) is 62.7 Å². The molecule has 1 aromatic heterocycles. The van der Waals surface area contributed by atoms with Gasteiger partial charge in [-0.25, -0.2) is 9.18 Å². The second-order valence-corrected chi connectivity index (χ2v) is 10.8. The molecule has 0 aliphatic rings. The van der Waals surface area contributed by atoms with Crippen LogP contribution >= 0.6 is 0 Å². The maximum atomic E-state index is 16.6. The lowest BCUT2D eigenvalue weighted by molar-refractivity contribution is -0.142. The Morgan fingerprint density at radius 3 is 2.24 bits per heavy atom. The maximum absolute atomic E-state index is 16.6. The molecule has 1 atom stereocenters. The van der Waals surface area contributed by atoms with Crippen LogP contribution in [0.3, 0.4) is 0 Å². The number of H-pyrrole nitrogens is 1. The van der Waals surface area contributed by atoms with E-state index in [4.69, 9.17) is 0 Å². The van der Waals surface area contributed by atoms with Gasteiger partial charge < -0.3 is 15.5 Å². The Hall–Kier alpha value is -4.48. The van der Waals surface area contributed by atoms with Gasteiger partial charge in [-0.05, 0) is 53.8 Å². The Bertz CT molecular complexity index is 1490. The average molecular weight is 584 g/mol. The lowest BCUT2D eigenvalue weighted by Gasteiger charge is -2.32. The van der Waals surface area contributed by atoms with Gasteiger partial charge in [-0.15, -0.1) is 10.2 Å². The molecule has 1 heterocycles. The van der Waals surface area contributed by atoms with Gasteiger partial charge >= 0.3 is 12.2 Å². The van der Waals surface area contributed by atoms with E-state index in [1.165, 1.54) is 6.92 Å². The highest BCUT2D eigenvalue weighted by Gasteiger charge is 2.32. The van der Waals surface area contributed by atoms with Crippen LogP contribution in [0.5, 0.6) is 0 Å². The molecule has 3 N–H and O–H groups in total. The number of alkyl halides is 3. The van der Waals surface area contributed by atoms with Crippen LogP contribution in [0, 0.1) is 24.6 Å². The predicted molar refractivity (Wildman–Crippen MR) is 156 cm³/mol. The van der Waals surface area contributed by atoms with Crippen LogP contribution < -0.4 is 15.5 Å². The number of nitrogens with one attached hydrogen (secondary N) is 3. The van der Waals surface area contributed by atoms with Gasteiger partial charge in [-0.2, -0.15) is 18.4 Å². The van der Waals surface area contributed by atoms with E-state index in [0.29, 0.717) is 23.4 Å². The van der Waals surface area contributed by atoms with Crippen molar-refractivity contribution in [2.75, 3.05) is 28.6 Å². The molecule has 0 aliphatic carbocycles. The SMILES string of the molecule is Cc1ccc(NC(=O)Nc2c(N(CC(C)C)CC(C)CC(F)(F)F)ccc(-c3ccccc3-c3nn[nH]n3)c2F)cc1. The van der Waals surface area contributed by atoms with E-state index in [9.17, 15) is 18.0 Å². The summed E-state index contributed by atoms with van der Waals surface area (Å²) in [5.41, 5.74) is 2.72. The Kier molecular flexibility index (Phi) is 9.44. The number of amides is 2. The van der Waals surface area contributed by atoms with E-state index in [2.05, 4.69) is 31.3 Å². The van der Waals surface area contributed by atoms with E-state index in [1.54, 1.807) is 53.4 Å². The summed E-state index contributed by atoms with van der Waals surface area (Å²) in [5.74, 6) is -1.23. The molecule has 4 aromatic rings. The van der Waals surface area contributed by atoms with Crippen molar-refractivity contribution in [1.82, 2.24) is 20.6 Å². The molecular weight excluding hydrogens is 550 g/mol. The number of carbonyl (C=O) groups is 1. The summed E-state index contributed by atoms with van der Waals surface area (Å²) in [6.45, 7) is 7.60. The molecule has 8 nitrogen and oxygen atoms in total. The number of nitrogens with zero attached hydrogens (tertiary/aromatic N) is 4. The highest BCUT2D eigenvalue weighted by atomic mass is 19.4. The molecule has 0 bridgehead atoms. The molecule has 1 unspecified atom stereocenters. The molecule has 42 heavy (non-hydrogen) atoms. The largest absolute Gasteiger partial charge is 0.389 e. The number of rotatable bonds is 10. The number of halogens is 4. The molecule has 0 fully saturated rings. The van der Waals surface area contributed by atoms with Crippen molar-refractivity contribution < 1.29 is 22.4 Å². The van der Waals surface area contributed by atoms with Crippen molar-refractivity contribution in [2.24, 2.45) is 11.8 Å². The third-order valence-corrected chi connectivity index (χ3v) is 6.51. The Morgan fingerprint density at radius 2 is 1.62 bits per heavy atom. The standard InChI is InChI=1S/C30H33F4N7O/c1-18(2)16-41(17-20(4)15-30(32,33)34)25-14-13-23(22-7-5-6-8-24(22)28-37-39-40-38-28)26(31)27(25)36-29(42)35-21-11-9-19(3)10-12-21/h5-14,18,20H,15-17H2,1-4H3,(H2,35,36,42)(H,37,38,39,40). The van der Waals surface area contributed by atoms with Crippen molar-refractivity contribution >= 4 is 23.1 Å². The zero-order valence-electron chi connectivity index (χ0n) is 23.8. The summed E-state index contributed by atoms with van der Waals surface area (Å²) < 4.78 is 56.2. The van der Waals surface area contributed by atoms with Crippen LogP contribution in [0.15, 0.2) is 60.7 Å². The predicted octanol–water partition coefficient (Wildman–Crippen LogP) is 7.68. The van der Waals surface area contributed by atoms with Crippen molar-refractivity contribution in [3.05, 3.63) is 72.0 Å². The van der Waals surface area contributed by atoms with E-state index >= 15 is 4.39 Å². The van der Waals surface area contributed by atoms with Gasteiger partial charge in [0.2, 0.25) is 5.82 Å². The fourth-order valence-corrected chi connectivity index (χ4v) is 4.81. The van der Waals surface area contributed by atoms with Crippen LogP contribution in [0.4, 0.5) is 39.4 Å². The third kappa shape index (κ3) is 7.83. The van der Waals surface area contributed by atoms with Gasteiger partial charge in [0.15, 0.2) is 5.82 Å². The van der Waals surface area contributed by atoms with Gasteiger partial charge in [0.1, 0.15) is 5.69 Å². The summed E-state index contributed by atoms with van der Waals surface area (Å²) in [4.78, 5) is 14.8. The van der Waals surface area contributed by atoms with Crippen LogP contribution in [0.1, 0.15) is 32.8 Å². The number of hydrogen-bond acceptors (Lipinski definition) is 5. The quantitative estimate of drug-likeness (QED) is 0.166. The molecule has 0 saturated carbocycles. The van der Waals surface area contributed by atoms with Crippen molar-refractivity contribution in [1.29, 1.82) is 0 Å². The topological polar surface area (TPSA) is 98.8 Å². The second kappa shape index (κ2) is 13.0. The number of urea groups is 1. The van der Waals surface area contributed by atoms with Gasteiger partial charge in [0.05, 0.1) is 5.69 Å². The normalized spacial score (nSPS) is 12.3. The van der Waals surface area contributed by atoms with Crippen LogP contribution in [0.25, 0.3) is 22.5 Å². The van der Waals surface area contributed by atoms with E-state index in [1.807, 2.05) is 32.9 Å². The second-order valence-electron chi connectivity index (χ2n) is 10.8. The Balaban J connectivity index is 1.79. The van der Waals surface area contributed by atoms with Gasteiger partial charge in [0, 0.05) is 36.3 Å². The molecule has 0 aliphatic heterocycles. The molecule has 12 heteroatoms. The first-order valence-corrected chi connectivity index (χ1v) is 13.5. The van der Waals surface area contributed by atoms with E-state index in [-0.39, 0.29) is 35.2 Å². The van der Waals surface area contributed by atoms with E-state index < -0.39 is 30.4 Å². The number of aromatic amines is 1. The summed E-state index contributed by atoms with van der Waals surface area (Å²) in [5, 5.41) is 19.4. The number of tetrazole rings is 1. The number of anilines is 3. The van der Waals surface area contributed by atoms with Gasteiger partial charge in [-0.3, -0.25) is 0 Å². The van der Waals surface area contributed by atoms with Crippen LogP contribution in [0.2, 0.25) is 0 Å². The smallest absolute Gasteiger partial charge is 0.369 e. The lowest BCUT2D eigenvalue weighted by Crippen LogP contribution is -2.35. The molecule has 0 radical (unpaired) electrons. The minimum atomic E-state index is -4.34. The maximum Gasteiger partial charge on any atom is 0.389 e. The summed E-state index contributed by atoms with van der Waals surface area (Å²) in [7, 11) is 0. The molecular formula is C30H33F4N7O. The lowest BCUT2D eigenvalue weighted by atomic mass is 9.97. The first-order valence-electron chi connectivity index (χ1n) is 13.5. The highest BCUT2D eigenvalue weighted by molar-refractivity contribution is 6.03. The number of aromatic nitrogens is 4. The Morgan fingerprint density at radius 1 is 0.929 bits per heavy atom. The number of hydrogen-bond donors (Lipinski definition) is 3. The third-order valence-electron chi connectivity index (χ3n) is 6.51. The van der Waals surface area contributed by atoms with Gasteiger partial charge in [0.25, 0.3) is 0 Å².